The molecule has 0 aromatic heterocycles. The first-order chi connectivity index (χ1) is 9.72. The Morgan fingerprint density at radius 2 is 1.80 bits per heavy atom. The van der Waals surface area contributed by atoms with Gasteiger partial charge in [0.2, 0.25) is 0 Å². The molecule has 1 aliphatic heterocycles. The minimum Gasteiger partial charge on any atom is -0.438 e. The minimum atomic E-state index is -0.562. The van der Waals surface area contributed by atoms with E-state index in [4.69, 9.17) is 10.5 Å². The average molecular weight is 280 g/mol. The van der Waals surface area contributed by atoms with Crippen molar-refractivity contribution in [1.82, 2.24) is 0 Å². The fraction of sp³-hybridized carbons (Fsp3) is 0.562. The Bertz CT molecular complexity index is 407. The van der Waals surface area contributed by atoms with Crippen molar-refractivity contribution in [3.8, 4) is 0 Å². The van der Waals surface area contributed by atoms with Crippen LogP contribution in [0.5, 0.6) is 0 Å². The van der Waals surface area contributed by atoms with Crippen LogP contribution in [0.3, 0.4) is 0 Å². The van der Waals surface area contributed by atoms with Crippen molar-refractivity contribution >= 4 is 11.8 Å². The van der Waals surface area contributed by atoms with Gasteiger partial charge >= 0.3 is 6.09 Å². The monoisotopic (exact) mass is 280 g/mol. The van der Waals surface area contributed by atoms with Gasteiger partial charge in [0, 0.05) is 12.0 Å². The second kappa shape index (κ2) is 9.37. The summed E-state index contributed by atoms with van der Waals surface area (Å²) >= 11 is 0. The largest absolute Gasteiger partial charge is 0.438 e. The summed E-state index contributed by atoms with van der Waals surface area (Å²) in [4.78, 5) is 11.5. The van der Waals surface area contributed by atoms with Gasteiger partial charge in [-0.15, -0.1) is 0 Å². The molecule has 1 aliphatic rings. The van der Waals surface area contributed by atoms with Crippen LogP contribution in [0.1, 0.15) is 53.0 Å². The van der Waals surface area contributed by atoms with E-state index in [1.54, 1.807) is 0 Å². The lowest BCUT2D eigenvalue weighted by Gasteiger charge is -2.37. The molecular formula is C16H28N2O2. The van der Waals surface area contributed by atoms with E-state index in [1.807, 2.05) is 58.9 Å². The number of rotatable bonds is 3. The fourth-order valence-electron chi connectivity index (χ4n) is 2.22. The summed E-state index contributed by atoms with van der Waals surface area (Å²) < 4.78 is 5.46. The van der Waals surface area contributed by atoms with Gasteiger partial charge in [-0.2, -0.15) is 0 Å². The maximum Gasteiger partial charge on any atom is 0.412 e. The molecule has 1 atom stereocenters. The maximum atomic E-state index is 11.5. The molecule has 1 aromatic carbocycles. The van der Waals surface area contributed by atoms with E-state index >= 15 is 0 Å². The molecule has 0 bridgehead atoms. The molecule has 1 heterocycles. The molecule has 1 aromatic rings. The van der Waals surface area contributed by atoms with Gasteiger partial charge in [-0.3, -0.25) is 5.32 Å². The van der Waals surface area contributed by atoms with E-state index in [2.05, 4.69) is 5.32 Å². The van der Waals surface area contributed by atoms with Gasteiger partial charge in [0.05, 0.1) is 5.69 Å². The van der Waals surface area contributed by atoms with Gasteiger partial charge in [-0.05, 0) is 19.0 Å². The molecule has 3 N–H and O–H groups in total. The Balaban J connectivity index is 0.000000829. The topological polar surface area (TPSA) is 64.3 Å². The van der Waals surface area contributed by atoms with E-state index in [-0.39, 0.29) is 0 Å². The third kappa shape index (κ3) is 3.97. The quantitative estimate of drug-likeness (QED) is 0.869. The van der Waals surface area contributed by atoms with E-state index in [1.165, 1.54) is 0 Å². The predicted molar refractivity (Wildman–Crippen MR) is 84.9 cm³/mol. The highest BCUT2D eigenvalue weighted by atomic mass is 16.6. The molecule has 20 heavy (non-hydrogen) atoms. The van der Waals surface area contributed by atoms with E-state index in [9.17, 15) is 4.79 Å². The van der Waals surface area contributed by atoms with Crippen LogP contribution in [-0.2, 0) is 10.3 Å². The van der Waals surface area contributed by atoms with Crippen molar-refractivity contribution in [1.29, 1.82) is 0 Å². The number of fused-ring (bicyclic) bond motifs is 1. The number of para-hydroxylation sites is 1. The lowest BCUT2D eigenvalue weighted by Crippen LogP contribution is -2.40. The Morgan fingerprint density at radius 3 is 2.35 bits per heavy atom. The number of benzene rings is 1. The van der Waals surface area contributed by atoms with Crippen LogP contribution >= 0.6 is 0 Å². The number of carbonyl (C=O) groups is 1. The first-order valence-corrected chi connectivity index (χ1v) is 7.51. The number of carbonyl (C=O) groups excluding carboxylic acids is 1. The normalized spacial score (nSPS) is 19.2. The average Bonchev–Trinajstić information content (AvgIpc) is 2.51. The van der Waals surface area contributed by atoms with Crippen LogP contribution in [0.4, 0.5) is 10.5 Å². The summed E-state index contributed by atoms with van der Waals surface area (Å²) in [6, 6.07) is 7.71. The third-order valence-corrected chi connectivity index (χ3v) is 3.06. The number of amides is 1. The van der Waals surface area contributed by atoms with Crippen LogP contribution in [0, 0.1) is 0 Å². The Kier molecular flexibility index (Phi) is 8.64. The summed E-state index contributed by atoms with van der Waals surface area (Å²) in [6.07, 6.45) is 0.983. The highest BCUT2D eigenvalue weighted by molar-refractivity contribution is 5.88. The zero-order chi connectivity index (χ0) is 15.6. The number of anilines is 1. The minimum absolute atomic E-state index is 0.394. The molecule has 114 valence electrons. The molecule has 0 saturated carbocycles. The first-order valence-electron chi connectivity index (χ1n) is 7.51. The Labute approximate surface area is 122 Å². The van der Waals surface area contributed by atoms with Gasteiger partial charge in [0.15, 0.2) is 0 Å². The maximum absolute atomic E-state index is 11.5. The van der Waals surface area contributed by atoms with Crippen molar-refractivity contribution < 1.29 is 9.53 Å². The fourth-order valence-corrected chi connectivity index (χ4v) is 2.22. The van der Waals surface area contributed by atoms with E-state index in [0.29, 0.717) is 13.0 Å². The standard InChI is InChI=1S/C12H16N2O2.2C2H6/c1-2-12(7-8-13)9-5-3-4-6-10(9)14-11(15)16-12;2*1-2/h3-6H,2,7-8,13H2,1H3,(H,14,15);2*1-2H3. The summed E-state index contributed by atoms with van der Waals surface area (Å²) in [5, 5.41) is 2.71. The molecule has 0 aliphatic carbocycles. The first kappa shape index (κ1) is 18.4. The van der Waals surface area contributed by atoms with Gasteiger partial charge < -0.3 is 10.5 Å². The third-order valence-electron chi connectivity index (χ3n) is 3.06. The van der Waals surface area contributed by atoms with Crippen LogP contribution in [0.2, 0.25) is 0 Å². The van der Waals surface area contributed by atoms with Crippen molar-refractivity contribution in [2.75, 3.05) is 11.9 Å². The van der Waals surface area contributed by atoms with Crippen molar-refractivity contribution in [3.05, 3.63) is 29.8 Å². The van der Waals surface area contributed by atoms with Crippen molar-refractivity contribution in [3.63, 3.8) is 0 Å². The molecule has 0 radical (unpaired) electrons. The second-order valence-electron chi connectivity index (χ2n) is 3.95. The summed E-state index contributed by atoms with van der Waals surface area (Å²) in [5.41, 5.74) is 6.89. The van der Waals surface area contributed by atoms with E-state index in [0.717, 1.165) is 17.7 Å². The molecule has 4 nitrogen and oxygen atoms in total. The summed E-state index contributed by atoms with van der Waals surface area (Å²) in [5.74, 6) is 0. The zero-order valence-electron chi connectivity index (χ0n) is 13.3. The number of nitrogens with two attached hydrogens (primary N) is 1. The van der Waals surface area contributed by atoms with Gasteiger partial charge in [-0.25, -0.2) is 4.79 Å². The highest BCUT2D eigenvalue weighted by Gasteiger charge is 2.39. The zero-order valence-corrected chi connectivity index (χ0v) is 13.3. The number of cyclic esters (lactones) is 1. The lowest BCUT2D eigenvalue weighted by molar-refractivity contribution is 0.00288. The predicted octanol–water partition coefficient (Wildman–Crippen LogP) is 4.26. The molecule has 0 saturated heterocycles. The molecule has 1 unspecified atom stereocenters. The number of ether oxygens (including phenoxy) is 1. The van der Waals surface area contributed by atoms with Crippen molar-refractivity contribution in [2.45, 2.75) is 53.1 Å². The summed E-state index contributed by atoms with van der Waals surface area (Å²) in [7, 11) is 0. The van der Waals surface area contributed by atoms with Gasteiger partial charge in [0.1, 0.15) is 5.60 Å². The van der Waals surface area contributed by atoms with Gasteiger partial charge in [-0.1, -0.05) is 52.8 Å². The number of hydrogen-bond acceptors (Lipinski definition) is 3. The van der Waals surface area contributed by atoms with E-state index < -0.39 is 11.7 Å². The molecular weight excluding hydrogens is 252 g/mol. The molecule has 0 spiro atoms. The molecule has 1 amide bonds. The molecule has 2 rings (SSSR count). The molecule has 0 fully saturated rings. The Hall–Kier alpha value is -1.55. The number of hydrogen-bond donors (Lipinski definition) is 2. The van der Waals surface area contributed by atoms with Crippen LogP contribution < -0.4 is 11.1 Å². The van der Waals surface area contributed by atoms with Crippen LogP contribution in [0.25, 0.3) is 0 Å². The summed E-state index contributed by atoms with van der Waals surface area (Å²) in [6.45, 7) is 10.5. The SMILES string of the molecule is CC.CC.CCC1(CCN)OC(=O)Nc2ccccc21. The van der Waals surface area contributed by atoms with Gasteiger partial charge in [0.25, 0.3) is 0 Å². The smallest absolute Gasteiger partial charge is 0.412 e. The lowest BCUT2D eigenvalue weighted by atomic mass is 9.85. The number of nitrogens with one attached hydrogen (secondary N) is 1. The van der Waals surface area contributed by atoms with Crippen molar-refractivity contribution in [2.24, 2.45) is 5.73 Å². The van der Waals surface area contributed by atoms with Crippen LogP contribution in [-0.4, -0.2) is 12.6 Å². The molecule has 4 heteroatoms. The van der Waals surface area contributed by atoms with Crippen LogP contribution in [0.15, 0.2) is 24.3 Å². The highest BCUT2D eigenvalue weighted by Crippen LogP contribution is 2.40. The Morgan fingerprint density at radius 1 is 1.20 bits per heavy atom. The second-order valence-corrected chi connectivity index (χ2v) is 3.95.